The quantitative estimate of drug-likeness (QED) is 0.868. The number of carbonyl (C=O) groups excluding carboxylic acids is 1. The summed E-state index contributed by atoms with van der Waals surface area (Å²) < 4.78 is 18.5. The molecular formula is C18H22FN3O3. The second-order valence-corrected chi connectivity index (χ2v) is 6.50. The van der Waals surface area contributed by atoms with Gasteiger partial charge in [-0.3, -0.25) is 4.79 Å². The van der Waals surface area contributed by atoms with Crippen molar-refractivity contribution in [2.45, 2.75) is 57.6 Å². The number of aryl methyl sites for hydroxylation is 2. The number of benzene rings is 1. The van der Waals surface area contributed by atoms with Crippen LogP contribution in [0, 0.1) is 12.7 Å². The van der Waals surface area contributed by atoms with Crippen LogP contribution in [0.15, 0.2) is 22.7 Å². The lowest BCUT2D eigenvalue weighted by Gasteiger charge is -2.28. The van der Waals surface area contributed by atoms with Gasteiger partial charge in [0.25, 0.3) is 0 Å². The van der Waals surface area contributed by atoms with Crippen LogP contribution < -0.4 is 5.32 Å². The summed E-state index contributed by atoms with van der Waals surface area (Å²) in [4.78, 5) is 16.3. The normalized spacial score (nSPS) is 20.4. The maximum atomic E-state index is 13.3. The van der Waals surface area contributed by atoms with Gasteiger partial charge >= 0.3 is 0 Å². The summed E-state index contributed by atoms with van der Waals surface area (Å²) >= 11 is 0. The monoisotopic (exact) mass is 347 g/mol. The fraction of sp³-hybridized carbons (Fsp3) is 0.500. The molecule has 1 aromatic carbocycles. The van der Waals surface area contributed by atoms with Gasteiger partial charge < -0.3 is 14.9 Å². The van der Waals surface area contributed by atoms with Gasteiger partial charge in [0.1, 0.15) is 5.82 Å². The number of hydrogen-bond donors (Lipinski definition) is 2. The fourth-order valence-electron chi connectivity index (χ4n) is 3.04. The Morgan fingerprint density at radius 3 is 2.96 bits per heavy atom. The van der Waals surface area contributed by atoms with E-state index in [-0.39, 0.29) is 24.2 Å². The molecule has 0 saturated heterocycles. The van der Waals surface area contributed by atoms with Gasteiger partial charge in [-0.25, -0.2) is 4.39 Å². The van der Waals surface area contributed by atoms with Gasteiger partial charge in [-0.05, 0) is 43.5 Å². The Kier molecular flexibility index (Phi) is 5.43. The van der Waals surface area contributed by atoms with Gasteiger partial charge in [-0.1, -0.05) is 18.0 Å². The summed E-state index contributed by atoms with van der Waals surface area (Å²) in [5.41, 5.74) is 1.18. The van der Waals surface area contributed by atoms with Crippen molar-refractivity contribution in [3.05, 3.63) is 35.5 Å². The number of hydrogen-bond acceptors (Lipinski definition) is 5. The molecule has 0 spiro atoms. The van der Waals surface area contributed by atoms with Gasteiger partial charge in [0, 0.05) is 18.4 Å². The average molecular weight is 347 g/mol. The van der Waals surface area contributed by atoms with Crippen molar-refractivity contribution in [3.8, 4) is 11.4 Å². The van der Waals surface area contributed by atoms with Crippen LogP contribution >= 0.6 is 0 Å². The first-order chi connectivity index (χ1) is 12.0. The predicted molar refractivity (Wildman–Crippen MR) is 89.2 cm³/mol. The highest BCUT2D eigenvalue weighted by molar-refractivity contribution is 5.76. The second kappa shape index (κ2) is 7.74. The lowest BCUT2D eigenvalue weighted by atomic mass is 9.92. The Morgan fingerprint density at radius 1 is 1.40 bits per heavy atom. The Morgan fingerprint density at radius 2 is 2.20 bits per heavy atom. The number of rotatable bonds is 5. The summed E-state index contributed by atoms with van der Waals surface area (Å²) in [6.07, 6.45) is 3.63. The van der Waals surface area contributed by atoms with E-state index in [2.05, 4.69) is 15.5 Å². The van der Waals surface area contributed by atoms with Crippen molar-refractivity contribution < 1.29 is 18.8 Å². The van der Waals surface area contributed by atoms with Crippen molar-refractivity contribution in [3.63, 3.8) is 0 Å². The molecule has 134 valence electrons. The van der Waals surface area contributed by atoms with E-state index in [1.165, 1.54) is 6.07 Å². The standard InChI is InChI=1S/C18H22FN3O3/c1-11-10-12(6-7-13(11)19)18-21-17(25-22-18)9-8-16(24)20-14-4-2-3-5-15(14)23/h6-7,10,14-15,23H,2-5,8-9H2,1H3,(H,20,24). The summed E-state index contributed by atoms with van der Waals surface area (Å²) in [5.74, 6) is 0.315. The molecule has 6 nitrogen and oxygen atoms in total. The van der Waals surface area contributed by atoms with E-state index < -0.39 is 6.10 Å². The first-order valence-corrected chi connectivity index (χ1v) is 8.59. The third-order valence-corrected chi connectivity index (χ3v) is 4.53. The van der Waals surface area contributed by atoms with Crippen LogP contribution in [0.1, 0.15) is 43.6 Å². The van der Waals surface area contributed by atoms with Gasteiger partial charge in [-0.15, -0.1) is 0 Å². The third-order valence-electron chi connectivity index (χ3n) is 4.53. The molecule has 1 saturated carbocycles. The molecule has 1 heterocycles. The Hall–Kier alpha value is -2.28. The number of carbonyl (C=O) groups is 1. The van der Waals surface area contributed by atoms with Crippen molar-refractivity contribution in [1.82, 2.24) is 15.5 Å². The molecule has 1 aliphatic carbocycles. The third kappa shape index (κ3) is 4.42. The van der Waals surface area contributed by atoms with E-state index in [1.54, 1.807) is 19.1 Å². The first-order valence-electron chi connectivity index (χ1n) is 8.59. The van der Waals surface area contributed by atoms with Crippen molar-refractivity contribution in [2.75, 3.05) is 0 Å². The van der Waals surface area contributed by atoms with Crippen LogP contribution in [0.2, 0.25) is 0 Å². The van der Waals surface area contributed by atoms with Crippen LogP contribution in [-0.2, 0) is 11.2 Å². The lowest BCUT2D eigenvalue weighted by molar-refractivity contribution is -0.123. The average Bonchev–Trinajstić information content (AvgIpc) is 3.07. The molecule has 2 unspecified atom stereocenters. The van der Waals surface area contributed by atoms with Gasteiger partial charge in [0.15, 0.2) is 0 Å². The molecule has 2 N–H and O–H groups in total. The fourth-order valence-corrected chi connectivity index (χ4v) is 3.04. The molecule has 3 rings (SSSR count). The van der Waals surface area contributed by atoms with E-state index in [0.717, 1.165) is 25.7 Å². The number of nitrogens with one attached hydrogen (secondary N) is 1. The molecule has 0 aliphatic heterocycles. The van der Waals surface area contributed by atoms with Crippen LogP contribution in [0.3, 0.4) is 0 Å². The number of aliphatic hydroxyl groups is 1. The summed E-state index contributed by atoms with van der Waals surface area (Å²) in [6.45, 7) is 1.67. The van der Waals surface area contributed by atoms with E-state index >= 15 is 0 Å². The van der Waals surface area contributed by atoms with Crippen LogP contribution in [-0.4, -0.2) is 33.3 Å². The van der Waals surface area contributed by atoms with E-state index in [9.17, 15) is 14.3 Å². The minimum atomic E-state index is -0.463. The Balaban J connectivity index is 1.54. The predicted octanol–water partition coefficient (Wildman–Crippen LogP) is 2.54. The SMILES string of the molecule is Cc1cc(-c2noc(CCC(=O)NC3CCCCC3O)n2)ccc1F. The summed E-state index contributed by atoms with van der Waals surface area (Å²) in [5, 5.41) is 16.6. The molecule has 1 aliphatic rings. The van der Waals surface area contributed by atoms with Crippen molar-refractivity contribution in [2.24, 2.45) is 0 Å². The number of nitrogens with zero attached hydrogens (tertiary/aromatic N) is 2. The number of halogens is 1. The van der Waals surface area contributed by atoms with E-state index in [0.29, 0.717) is 29.3 Å². The van der Waals surface area contributed by atoms with E-state index in [4.69, 9.17) is 4.52 Å². The zero-order chi connectivity index (χ0) is 17.8. The smallest absolute Gasteiger partial charge is 0.227 e. The highest BCUT2D eigenvalue weighted by Gasteiger charge is 2.24. The molecule has 7 heteroatoms. The maximum Gasteiger partial charge on any atom is 0.227 e. The van der Waals surface area contributed by atoms with Gasteiger partial charge in [0.2, 0.25) is 17.6 Å². The van der Waals surface area contributed by atoms with E-state index in [1.807, 2.05) is 0 Å². The zero-order valence-electron chi connectivity index (χ0n) is 14.2. The van der Waals surface area contributed by atoms with Crippen molar-refractivity contribution >= 4 is 5.91 Å². The molecule has 2 aromatic rings. The molecule has 0 radical (unpaired) electrons. The van der Waals surface area contributed by atoms with Crippen LogP contribution in [0.25, 0.3) is 11.4 Å². The maximum absolute atomic E-state index is 13.3. The summed E-state index contributed by atoms with van der Waals surface area (Å²) in [7, 11) is 0. The van der Waals surface area contributed by atoms with Crippen molar-refractivity contribution in [1.29, 1.82) is 0 Å². The van der Waals surface area contributed by atoms with Gasteiger partial charge in [0.05, 0.1) is 12.1 Å². The number of aliphatic hydroxyl groups excluding tert-OH is 1. The molecular weight excluding hydrogens is 325 g/mol. The van der Waals surface area contributed by atoms with Crippen LogP contribution in [0.4, 0.5) is 4.39 Å². The van der Waals surface area contributed by atoms with Crippen LogP contribution in [0.5, 0.6) is 0 Å². The zero-order valence-corrected chi connectivity index (χ0v) is 14.2. The lowest BCUT2D eigenvalue weighted by Crippen LogP contribution is -2.45. The topological polar surface area (TPSA) is 88.2 Å². The minimum absolute atomic E-state index is 0.136. The Bertz CT molecular complexity index is 747. The second-order valence-electron chi connectivity index (χ2n) is 6.50. The van der Waals surface area contributed by atoms with Gasteiger partial charge in [-0.2, -0.15) is 4.98 Å². The molecule has 1 fully saturated rings. The molecule has 1 amide bonds. The highest BCUT2D eigenvalue weighted by Crippen LogP contribution is 2.20. The Labute approximate surface area is 145 Å². The molecule has 1 aromatic heterocycles. The number of aromatic nitrogens is 2. The molecule has 2 atom stereocenters. The highest BCUT2D eigenvalue weighted by atomic mass is 19.1. The molecule has 0 bridgehead atoms. The molecule has 25 heavy (non-hydrogen) atoms. The minimum Gasteiger partial charge on any atom is -0.391 e. The number of amides is 1. The largest absolute Gasteiger partial charge is 0.391 e. The summed E-state index contributed by atoms with van der Waals surface area (Å²) in [6, 6.07) is 4.44. The first kappa shape index (κ1) is 17.5.